The lowest BCUT2D eigenvalue weighted by Gasteiger charge is -2.27. The maximum Gasteiger partial charge on any atom is 0.407 e. The fraction of sp³-hybridized carbons (Fsp3) is 0.400. The molecule has 3 aromatic heterocycles. The summed E-state index contributed by atoms with van der Waals surface area (Å²) in [6.07, 6.45) is 9.02. The van der Waals surface area contributed by atoms with Crippen LogP contribution in [0.3, 0.4) is 0 Å². The second kappa shape index (κ2) is 17.6. The number of likely N-dealkylation sites (tertiary alicyclic amines) is 2. The second-order valence-electron chi connectivity index (χ2n) is 14.5. The quantitative estimate of drug-likeness (QED) is 0.0503. The molecule has 17 nitrogen and oxygen atoms in total. The standard InChI is InChI=1S/C40H47N11O6/c1-24(2)35(43-23-57-56-4)39(53)51-18-6-8-34(51)37-42-22-32(46-37)28-15-11-26(12-16-28)25-9-13-27(14-10-25)31-21-41-36(45-31)33-7-5-17-50(33)38(52)30(47-40(54)55-3)19-29-20-44-49-48-29/h9-16,20-24,30,33-35H,5-8,17-19H2,1-4H3,(H,41,45)(H,42,46)(H,47,54)(H,44,48,49)/t30-,33+,34+,35+/m1/s1. The van der Waals surface area contributed by atoms with E-state index in [1.165, 1.54) is 26.8 Å². The summed E-state index contributed by atoms with van der Waals surface area (Å²) in [6.45, 7) is 5.10. The molecular formula is C40H47N11O6. The Bertz CT molecular complexity index is 2150. The lowest BCUT2D eigenvalue weighted by molar-refractivity contribution is -0.188. The van der Waals surface area contributed by atoms with Gasteiger partial charge in [0.15, 0.2) is 0 Å². The van der Waals surface area contributed by atoms with Gasteiger partial charge in [0.25, 0.3) is 0 Å². The second-order valence-corrected chi connectivity index (χ2v) is 14.5. The highest BCUT2D eigenvalue weighted by molar-refractivity contribution is 5.86. The van der Waals surface area contributed by atoms with Crippen molar-refractivity contribution in [3.63, 3.8) is 0 Å². The normalized spacial score (nSPS) is 18.0. The smallest absolute Gasteiger partial charge is 0.407 e. The number of aliphatic imine (C=N–C) groups is 1. The molecule has 2 saturated heterocycles. The Kier molecular flexibility index (Phi) is 12.0. The van der Waals surface area contributed by atoms with Crippen LogP contribution < -0.4 is 5.32 Å². The van der Waals surface area contributed by atoms with E-state index in [2.05, 4.69) is 82.0 Å². The SMILES string of the molecule is COOC=N[C@H](C(=O)N1CCC[C@H]1c1ncc(-c2ccc(-c3ccc(-c4cnc([C@@H]5CCCN5C(=O)[C@@H](Cc5cn[nH]n5)NC(=O)OC)[nH]4)cc3)cc2)[nH]1)C(C)C. The van der Waals surface area contributed by atoms with Crippen molar-refractivity contribution in [1.82, 2.24) is 50.5 Å². The molecule has 0 unspecified atom stereocenters. The van der Waals surface area contributed by atoms with Crippen LogP contribution in [-0.2, 0) is 30.5 Å². The number of aromatic nitrogens is 7. The van der Waals surface area contributed by atoms with Gasteiger partial charge in [0, 0.05) is 19.5 Å². The van der Waals surface area contributed by atoms with E-state index in [4.69, 9.17) is 14.6 Å². The highest BCUT2D eigenvalue weighted by atomic mass is 17.2. The molecule has 298 valence electrons. The number of ether oxygens (including phenoxy) is 1. The number of benzene rings is 2. The van der Waals surface area contributed by atoms with Crippen LogP contribution in [0.4, 0.5) is 4.79 Å². The minimum absolute atomic E-state index is 0.0152. The van der Waals surface area contributed by atoms with Crippen LogP contribution in [0.5, 0.6) is 0 Å². The molecule has 3 amide bonds. The molecule has 2 fully saturated rings. The fourth-order valence-corrected chi connectivity index (χ4v) is 7.58. The molecule has 0 bridgehead atoms. The predicted octanol–water partition coefficient (Wildman–Crippen LogP) is 5.18. The van der Waals surface area contributed by atoms with Crippen LogP contribution in [0.15, 0.2) is 72.1 Å². The van der Waals surface area contributed by atoms with Gasteiger partial charge in [0.2, 0.25) is 18.2 Å². The van der Waals surface area contributed by atoms with Crippen molar-refractivity contribution in [2.45, 2.75) is 70.1 Å². The lowest BCUT2D eigenvalue weighted by Crippen LogP contribution is -2.49. The maximum absolute atomic E-state index is 13.7. The summed E-state index contributed by atoms with van der Waals surface area (Å²) in [5, 5.41) is 13.1. The predicted molar refractivity (Wildman–Crippen MR) is 209 cm³/mol. The molecule has 5 aromatic rings. The van der Waals surface area contributed by atoms with E-state index in [1.807, 2.05) is 37.1 Å². The third-order valence-electron chi connectivity index (χ3n) is 10.5. The largest absolute Gasteiger partial charge is 0.453 e. The zero-order valence-corrected chi connectivity index (χ0v) is 32.3. The van der Waals surface area contributed by atoms with Gasteiger partial charge in [-0.05, 0) is 53.9 Å². The van der Waals surface area contributed by atoms with E-state index in [9.17, 15) is 14.4 Å². The number of aromatic amines is 3. The lowest BCUT2D eigenvalue weighted by atomic mass is 10.0. The molecule has 2 aliphatic rings. The van der Waals surface area contributed by atoms with Gasteiger partial charge in [-0.1, -0.05) is 62.4 Å². The third kappa shape index (κ3) is 8.72. The highest BCUT2D eigenvalue weighted by Crippen LogP contribution is 2.35. The first kappa shape index (κ1) is 38.9. The Balaban J connectivity index is 0.997. The summed E-state index contributed by atoms with van der Waals surface area (Å²) < 4.78 is 4.78. The number of amides is 3. The topological polar surface area (TPSA) is 209 Å². The van der Waals surface area contributed by atoms with Gasteiger partial charge >= 0.3 is 6.09 Å². The number of hydrogen-bond donors (Lipinski definition) is 4. The summed E-state index contributed by atoms with van der Waals surface area (Å²) >= 11 is 0. The van der Waals surface area contributed by atoms with Gasteiger partial charge in [-0.2, -0.15) is 20.3 Å². The zero-order chi connectivity index (χ0) is 39.9. The average Bonchev–Trinajstić information content (AvgIpc) is 4.08. The molecule has 5 heterocycles. The van der Waals surface area contributed by atoms with E-state index in [-0.39, 0.29) is 36.2 Å². The van der Waals surface area contributed by atoms with Crippen molar-refractivity contribution in [3.05, 3.63) is 84.5 Å². The molecule has 0 radical (unpaired) electrons. The van der Waals surface area contributed by atoms with Gasteiger partial charge in [-0.25, -0.2) is 19.8 Å². The number of nitrogens with zero attached hydrogens (tertiary/aromatic N) is 7. The number of hydrogen-bond acceptors (Lipinski definition) is 11. The van der Waals surface area contributed by atoms with Gasteiger partial charge in [-0.15, -0.1) is 0 Å². The van der Waals surface area contributed by atoms with Crippen molar-refractivity contribution in [3.8, 4) is 33.6 Å². The number of alkyl carbamates (subject to hydrolysis) is 1. The molecule has 0 spiro atoms. The van der Waals surface area contributed by atoms with E-state index in [0.29, 0.717) is 24.6 Å². The molecule has 0 aliphatic carbocycles. The number of nitrogens with one attached hydrogen (secondary N) is 4. The fourth-order valence-electron chi connectivity index (χ4n) is 7.58. The van der Waals surface area contributed by atoms with Crippen LogP contribution in [0.2, 0.25) is 0 Å². The molecule has 57 heavy (non-hydrogen) atoms. The van der Waals surface area contributed by atoms with Crippen molar-refractivity contribution in [2.24, 2.45) is 10.9 Å². The number of rotatable bonds is 14. The van der Waals surface area contributed by atoms with E-state index in [1.54, 1.807) is 11.1 Å². The van der Waals surface area contributed by atoms with Crippen LogP contribution in [-0.4, -0.2) is 109 Å². The van der Waals surface area contributed by atoms with Crippen LogP contribution in [0.25, 0.3) is 33.6 Å². The number of carbonyl (C=O) groups is 3. The van der Waals surface area contributed by atoms with Crippen molar-refractivity contribution in [2.75, 3.05) is 27.3 Å². The van der Waals surface area contributed by atoms with Crippen molar-refractivity contribution < 1.29 is 28.9 Å². The molecular weight excluding hydrogens is 731 g/mol. The molecule has 17 heteroatoms. The number of imidazole rings is 2. The number of carbonyl (C=O) groups excluding carboxylic acids is 3. The first-order chi connectivity index (χ1) is 27.7. The van der Waals surface area contributed by atoms with Gasteiger partial charge < -0.3 is 34.7 Å². The molecule has 2 aromatic carbocycles. The van der Waals surface area contributed by atoms with Gasteiger partial charge in [0.1, 0.15) is 23.7 Å². The first-order valence-electron chi connectivity index (χ1n) is 19.1. The van der Waals surface area contributed by atoms with Crippen LogP contribution >= 0.6 is 0 Å². The van der Waals surface area contributed by atoms with Gasteiger partial charge in [0.05, 0.1) is 62.0 Å². The van der Waals surface area contributed by atoms with Crippen molar-refractivity contribution >= 4 is 24.3 Å². The monoisotopic (exact) mass is 777 g/mol. The minimum atomic E-state index is -0.872. The summed E-state index contributed by atoms with van der Waals surface area (Å²) in [5.41, 5.74) is 6.32. The Hall–Kier alpha value is -6.36. The number of methoxy groups -OCH3 is 1. The minimum Gasteiger partial charge on any atom is -0.453 e. The molecule has 2 aliphatic heterocycles. The highest BCUT2D eigenvalue weighted by Gasteiger charge is 2.38. The third-order valence-corrected chi connectivity index (χ3v) is 10.5. The molecule has 4 N–H and O–H groups in total. The zero-order valence-electron chi connectivity index (χ0n) is 32.3. The Labute approximate surface area is 329 Å². The molecule has 4 atom stereocenters. The number of H-pyrrole nitrogens is 3. The summed E-state index contributed by atoms with van der Waals surface area (Å²) in [5.74, 6) is 1.13. The summed E-state index contributed by atoms with van der Waals surface area (Å²) in [6, 6.07) is 14.6. The Morgan fingerprint density at radius 1 is 0.825 bits per heavy atom. The summed E-state index contributed by atoms with van der Waals surface area (Å²) in [7, 11) is 2.65. The van der Waals surface area contributed by atoms with E-state index >= 15 is 0 Å². The van der Waals surface area contributed by atoms with Crippen molar-refractivity contribution in [1.29, 1.82) is 0 Å². The van der Waals surface area contributed by atoms with E-state index < -0.39 is 18.2 Å². The van der Waals surface area contributed by atoms with Crippen LogP contribution in [0, 0.1) is 5.92 Å². The molecule has 7 rings (SSSR count). The first-order valence-corrected chi connectivity index (χ1v) is 19.1. The summed E-state index contributed by atoms with van der Waals surface area (Å²) in [4.78, 5) is 73.0. The maximum atomic E-state index is 13.7. The van der Waals surface area contributed by atoms with Crippen LogP contribution in [0.1, 0.15) is 69.0 Å². The Morgan fingerprint density at radius 2 is 1.37 bits per heavy atom. The molecule has 0 saturated carbocycles. The van der Waals surface area contributed by atoms with Gasteiger partial charge in [-0.3, -0.25) is 9.59 Å². The van der Waals surface area contributed by atoms with E-state index in [0.717, 1.165) is 65.1 Å². The average molecular weight is 778 g/mol. The Morgan fingerprint density at radius 3 is 1.86 bits per heavy atom.